The Kier molecular flexibility index (Phi) is 6.01. The molecule has 0 saturated carbocycles. The SMILES string of the molecule is N#CCCc1ccc(C2CCNCC2OCc2ccc3ccccc3c2)cc1. The first-order chi connectivity index (χ1) is 13.8. The van der Waals surface area contributed by atoms with E-state index in [4.69, 9.17) is 10.00 Å². The molecule has 2 atom stereocenters. The van der Waals surface area contributed by atoms with Crippen LogP contribution in [0.4, 0.5) is 0 Å². The van der Waals surface area contributed by atoms with Gasteiger partial charge in [0.1, 0.15) is 0 Å². The molecule has 3 aromatic carbocycles. The molecule has 142 valence electrons. The molecule has 2 unspecified atom stereocenters. The molecule has 28 heavy (non-hydrogen) atoms. The Hall–Kier alpha value is -2.67. The number of benzene rings is 3. The van der Waals surface area contributed by atoms with Crippen molar-refractivity contribution in [2.24, 2.45) is 0 Å². The van der Waals surface area contributed by atoms with Crippen LogP contribution < -0.4 is 5.32 Å². The maximum atomic E-state index is 8.76. The van der Waals surface area contributed by atoms with Crippen LogP contribution in [0.5, 0.6) is 0 Å². The minimum Gasteiger partial charge on any atom is -0.372 e. The topological polar surface area (TPSA) is 45.0 Å². The van der Waals surface area contributed by atoms with Gasteiger partial charge in [-0.1, -0.05) is 60.7 Å². The molecule has 1 fully saturated rings. The molecule has 1 aliphatic rings. The van der Waals surface area contributed by atoms with E-state index in [9.17, 15) is 0 Å². The molecule has 0 spiro atoms. The normalized spacial score (nSPS) is 19.4. The summed E-state index contributed by atoms with van der Waals surface area (Å²) in [5.41, 5.74) is 3.79. The zero-order valence-electron chi connectivity index (χ0n) is 16.1. The molecule has 0 radical (unpaired) electrons. The Morgan fingerprint density at radius 3 is 2.57 bits per heavy atom. The fourth-order valence-corrected chi connectivity index (χ4v) is 4.05. The molecule has 0 aliphatic carbocycles. The minimum absolute atomic E-state index is 0.171. The maximum Gasteiger partial charge on any atom is 0.0772 e. The molecule has 1 aliphatic heterocycles. The Morgan fingerprint density at radius 1 is 0.964 bits per heavy atom. The molecule has 3 nitrogen and oxygen atoms in total. The van der Waals surface area contributed by atoms with Crippen molar-refractivity contribution in [2.75, 3.05) is 13.1 Å². The number of nitriles is 1. The van der Waals surface area contributed by atoms with Crippen LogP contribution in [0.3, 0.4) is 0 Å². The number of hydrogen-bond donors (Lipinski definition) is 1. The van der Waals surface area contributed by atoms with E-state index in [0.717, 1.165) is 25.9 Å². The van der Waals surface area contributed by atoms with Gasteiger partial charge in [-0.2, -0.15) is 5.26 Å². The van der Waals surface area contributed by atoms with Gasteiger partial charge in [0.15, 0.2) is 0 Å². The summed E-state index contributed by atoms with van der Waals surface area (Å²) in [5.74, 6) is 0.409. The highest BCUT2D eigenvalue weighted by Gasteiger charge is 2.27. The van der Waals surface area contributed by atoms with E-state index in [0.29, 0.717) is 18.9 Å². The molecular formula is C25H26N2O. The van der Waals surface area contributed by atoms with Crippen LogP contribution in [0.25, 0.3) is 10.8 Å². The largest absolute Gasteiger partial charge is 0.372 e. The summed E-state index contributed by atoms with van der Waals surface area (Å²) in [6.45, 7) is 2.54. The second-order valence-corrected chi connectivity index (χ2v) is 7.53. The van der Waals surface area contributed by atoms with Crippen molar-refractivity contribution in [3.05, 3.63) is 83.4 Å². The molecule has 0 aromatic heterocycles. The molecule has 3 aromatic rings. The average Bonchev–Trinajstić information content (AvgIpc) is 2.77. The molecule has 0 amide bonds. The van der Waals surface area contributed by atoms with Gasteiger partial charge in [-0.05, 0) is 52.9 Å². The number of rotatable bonds is 6. The number of fused-ring (bicyclic) bond motifs is 1. The molecule has 3 heteroatoms. The van der Waals surface area contributed by atoms with Crippen molar-refractivity contribution in [2.45, 2.75) is 37.9 Å². The second kappa shape index (κ2) is 9.01. The summed E-state index contributed by atoms with van der Waals surface area (Å²) in [6, 6.07) is 26.0. The Balaban J connectivity index is 1.43. The van der Waals surface area contributed by atoms with E-state index in [1.807, 2.05) is 0 Å². The first kappa shape index (κ1) is 18.7. The average molecular weight is 370 g/mol. The molecule has 4 rings (SSSR count). The third-order valence-electron chi connectivity index (χ3n) is 5.64. The third-order valence-corrected chi connectivity index (χ3v) is 5.64. The Labute approximate surface area is 167 Å². The molecule has 1 N–H and O–H groups in total. The summed E-state index contributed by atoms with van der Waals surface area (Å²) in [4.78, 5) is 0. The number of hydrogen-bond acceptors (Lipinski definition) is 3. The lowest BCUT2D eigenvalue weighted by molar-refractivity contribution is 0.0106. The predicted octanol–water partition coefficient (Wildman–Crippen LogP) is 4.96. The fourth-order valence-electron chi connectivity index (χ4n) is 4.05. The van der Waals surface area contributed by atoms with E-state index in [1.165, 1.54) is 27.5 Å². The lowest BCUT2D eigenvalue weighted by Crippen LogP contribution is -2.40. The predicted molar refractivity (Wildman–Crippen MR) is 113 cm³/mol. The smallest absolute Gasteiger partial charge is 0.0772 e. The van der Waals surface area contributed by atoms with Gasteiger partial charge in [0.25, 0.3) is 0 Å². The van der Waals surface area contributed by atoms with Crippen LogP contribution in [0.15, 0.2) is 66.7 Å². The first-order valence-corrected chi connectivity index (χ1v) is 10.1. The van der Waals surface area contributed by atoms with Crippen molar-refractivity contribution >= 4 is 10.8 Å². The standard InChI is InChI=1S/C25H26N2O/c26-14-3-4-19-7-11-22(12-8-19)24-13-15-27-17-25(24)28-18-20-9-10-21-5-1-2-6-23(21)16-20/h1-2,5-12,16,24-25,27H,3-4,13,15,17-18H2. The Bertz CT molecular complexity index is 958. The van der Waals surface area contributed by atoms with Gasteiger partial charge in [0, 0.05) is 18.9 Å². The van der Waals surface area contributed by atoms with Crippen molar-refractivity contribution < 1.29 is 4.74 Å². The summed E-state index contributed by atoms with van der Waals surface area (Å²) in [7, 11) is 0. The highest BCUT2D eigenvalue weighted by atomic mass is 16.5. The van der Waals surface area contributed by atoms with E-state index >= 15 is 0 Å². The van der Waals surface area contributed by atoms with Gasteiger partial charge >= 0.3 is 0 Å². The van der Waals surface area contributed by atoms with E-state index in [1.54, 1.807) is 0 Å². The number of piperidine rings is 1. The molecule has 1 heterocycles. The fraction of sp³-hybridized carbons (Fsp3) is 0.320. The number of ether oxygens (including phenoxy) is 1. The molecule has 1 saturated heterocycles. The molecular weight excluding hydrogens is 344 g/mol. The summed E-state index contributed by atoms with van der Waals surface area (Å²) in [5, 5.41) is 14.8. The second-order valence-electron chi connectivity index (χ2n) is 7.53. The van der Waals surface area contributed by atoms with E-state index in [-0.39, 0.29) is 6.10 Å². The Morgan fingerprint density at radius 2 is 1.75 bits per heavy atom. The maximum absolute atomic E-state index is 8.76. The number of aryl methyl sites for hydroxylation is 1. The van der Waals surface area contributed by atoms with Crippen molar-refractivity contribution in [3.8, 4) is 6.07 Å². The number of nitrogens with one attached hydrogen (secondary N) is 1. The monoisotopic (exact) mass is 370 g/mol. The quantitative estimate of drug-likeness (QED) is 0.667. The van der Waals surface area contributed by atoms with Crippen LogP contribution >= 0.6 is 0 Å². The zero-order valence-corrected chi connectivity index (χ0v) is 16.1. The van der Waals surface area contributed by atoms with Gasteiger partial charge in [-0.15, -0.1) is 0 Å². The van der Waals surface area contributed by atoms with E-state index < -0.39 is 0 Å². The van der Waals surface area contributed by atoms with E-state index in [2.05, 4.69) is 78.1 Å². The lowest BCUT2D eigenvalue weighted by atomic mass is 9.87. The van der Waals surface area contributed by atoms with Crippen molar-refractivity contribution in [3.63, 3.8) is 0 Å². The third kappa shape index (κ3) is 4.42. The van der Waals surface area contributed by atoms with Crippen molar-refractivity contribution in [1.82, 2.24) is 5.32 Å². The van der Waals surface area contributed by atoms with Crippen LogP contribution in [0.2, 0.25) is 0 Å². The molecule has 0 bridgehead atoms. The summed E-state index contributed by atoms with van der Waals surface area (Å²) in [6.07, 6.45) is 2.65. The highest BCUT2D eigenvalue weighted by Crippen LogP contribution is 2.29. The summed E-state index contributed by atoms with van der Waals surface area (Å²) < 4.78 is 6.37. The first-order valence-electron chi connectivity index (χ1n) is 10.1. The van der Waals surface area contributed by atoms with Crippen LogP contribution in [-0.2, 0) is 17.8 Å². The minimum atomic E-state index is 0.171. The van der Waals surface area contributed by atoms with Crippen LogP contribution in [0, 0.1) is 11.3 Å². The van der Waals surface area contributed by atoms with Gasteiger partial charge < -0.3 is 10.1 Å². The lowest BCUT2D eigenvalue weighted by Gasteiger charge is -2.32. The zero-order chi connectivity index (χ0) is 19.2. The highest BCUT2D eigenvalue weighted by molar-refractivity contribution is 5.82. The van der Waals surface area contributed by atoms with Gasteiger partial charge in [0.05, 0.1) is 18.8 Å². The van der Waals surface area contributed by atoms with Gasteiger partial charge in [-0.3, -0.25) is 0 Å². The van der Waals surface area contributed by atoms with Gasteiger partial charge in [0.2, 0.25) is 0 Å². The van der Waals surface area contributed by atoms with Crippen molar-refractivity contribution in [1.29, 1.82) is 5.26 Å². The van der Waals surface area contributed by atoms with Gasteiger partial charge in [-0.25, -0.2) is 0 Å². The number of nitrogens with zero attached hydrogens (tertiary/aromatic N) is 1. The van der Waals surface area contributed by atoms with Crippen LogP contribution in [0.1, 0.15) is 35.4 Å². The summed E-state index contributed by atoms with van der Waals surface area (Å²) >= 11 is 0. The van der Waals surface area contributed by atoms with Crippen LogP contribution in [-0.4, -0.2) is 19.2 Å².